The molecule has 8 rings (SSSR count). The van der Waals surface area contributed by atoms with Crippen molar-refractivity contribution in [1.82, 2.24) is 0 Å². The van der Waals surface area contributed by atoms with Crippen LogP contribution in [0.5, 0.6) is 0 Å². The van der Waals surface area contributed by atoms with E-state index >= 15 is 0 Å². The Kier molecular flexibility index (Phi) is 7.36. The van der Waals surface area contributed by atoms with E-state index < -0.39 is 0 Å². The first-order chi connectivity index (χ1) is 23.7. The second kappa shape index (κ2) is 11.4. The lowest BCUT2D eigenvalue weighted by Crippen LogP contribution is -2.55. The summed E-state index contributed by atoms with van der Waals surface area (Å²) in [5.41, 5.74) is 20.0. The maximum Gasteiger partial charge on any atom is 0.248 e. The molecule has 6 aromatic rings. The molecule has 6 aromatic carbocycles. The Morgan fingerprint density at radius 2 is 0.940 bits per heavy atom. The van der Waals surface area contributed by atoms with Crippen molar-refractivity contribution in [2.75, 3.05) is 4.90 Å². The number of para-hydroxylation sites is 2. The molecule has 2 aliphatic rings. The van der Waals surface area contributed by atoms with Gasteiger partial charge in [0.05, 0.1) is 0 Å². The Balaban J connectivity index is 1.49. The zero-order valence-electron chi connectivity index (χ0n) is 31.1. The van der Waals surface area contributed by atoms with Gasteiger partial charge in [-0.3, -0.25) is 0 Å². The summed E-state index contributed by atoms with van der Waals surface area (Å²) in [5.74, 6) is 0. The van der Waals surface area contributed by atoms with Crippen molar-refractivity contribution in [2.45, 2.75) is 78.6 Å². The van der Waals surface area contributed by atoms with E-state index in [1.54, 1.807) is 0 Å². The van der Waals surface area contributed by atoms with E-state index in [9.17, 15) is 0 Å². The van der Waals surface area contributed by atoms with E-state index in [1.807, 2.05) is 0 Å². The predicted molar refractivity (Wildman–Crippen MR) is 218 cm³/mol. The summed E-state index contributed by atoms with van der Waals surface area (Å²) >= 11 is 0. The smallest absolute Gasteiger partial charge is 0.248 e. The molecule has 0 saturated carbocycles. The fourth-order valence-corrected chi connectivity index (χ4v) is 8.52. The van der Waals surface area contributed by atoms with E-state index in [4.69, 9.17) is 0 Å². The van der Waals surface area contributed by atoms with Crippen molar-refractivity contribution < 1.29 is 0 Å². The first kappa shape index (κ1) is 32.4. The molecule has 248 valence electrons. The molecular formula is C48H48BN. The molecule has 0 unspecified atom stereocenters. The van der Waals surface area contributed by atoms with E-state index in [-0.39, 0.29) is 23.0 Å². The fourth-order valence-electron chi connectivity index (χ4n) is 8.52. The lowest BCUT2D eigenvalue weighted by molar-refractivity contribution is 0.587. The first-order valence-corrected chi connectivity index (χ1v) is 18.2. The van der Waals surface area contributed by atoms with Gasteiger partial charge >= 0.3 is 0 Å². The number of nitrogens with zero attached hydrogens (tertiary/aromatic N) is 1. The molecule has 2 aliphatic heterocycles. The summed E-state index contributed by atoms with van der Waals surface area (Å²) in [7, 11) is 0. The first-order valence-electron chi connectivity index (χ1n) is 18.2. The van der Waals surface area contributed by atoms with Crippen LogP contribution in [0.2, 0.25) is 0 Å². The molecule has 2 heteroatoms. The van der Waals surface area contributed by atoms with Crippen LogP contribution in [0.1, 0.15) is 79.0 Å². The summed E-state index contributed by atoms with van der Waals surface area (Å²) in [6.45, 7) is 21.4. The van der Waals surface area contributed by atoms with Gasteiger partial charge in [-0.1, -0.05) is 177 Å². The molecule has 0 N–H and O–H groups in total. The lowest BCUT2D eigenvalue weighted by atomic mass is 9.36. The number of fused-ring (bicyclic) bond motifs is 5. The van der Waals surface area contributed by atoms with Crippen LogP contribution in [0.3, 0.4) is 0 Å². The van der Waals surface area contributed by atoms with Gasteiger partial charge in [-0.15, -0.1) is 0 Å². The van der Waals surface area contributed by atoms with Gasteiger partial charge in [0, 0.05) is 17.1 Å². The second-order valence-electron chi connectivity index (χ2n) is 17.4. The predicted octanol–water partition coefficient (Wildman–Crippen LogP) is 11.2. The van der Waals surface area contributed by atoms with E-state index in [2.05, 4.69) is 195 Å². The Hall–Kier alpha value is -4.82. The highest BCUT2D eigenvalue weighted by Gasteiger charge is 2.46. The summed E-state index contributed by atoms with van der Waals surface area (Å²) in [6, 6.07) is 48.1. The number of rotatable bonds is 3. The highest BCUT2D eigenvalue weighted by Crippen LogP contribution is 2.49. The maximum absolute atomic E-state index is 2.65. The Morgan fingerprint density at radius 3 is 1.58 bits per heavy atom. The normalized spacial score (nSPS) is 13.6. The zero-order chi connectivity index (χ0) is 35.2. The third-order valence-corrected chi connectivity index (χ3v) is 10.9. The van der Waals surface area contributed by atoms with Crippen LogP contribution < -0.4 is 21.3 Å². The molecule has 50 heavy (non-hydrogen) atoms. The van der Waals surface area contributed by atoms with Crippen molar-refractivity contribution in [3.63, 3.8) is 0 Å². The van der Waals surface area contributed by atoms with Gasteiger partial charge in [-0.25, -0.2) is 0 Å². The van der Waals surface area contributed by atoms with Crippen molar-refractivity contribution in [3.8, 4) is 33.4 Å². The average Bonchev–Trinajstić information content (AvgIpc) is 3.42. The largest absolute Gasteiger partial charge is 0.311 e. The monoisotopic (exact) mass is 649 g/mol. The molecule has 0 fully saturated rings. The van der Waals surface area contributed by atoms with Crippen LogP contribution in [0.15, 0.2) is 127 Å². The number of hydrogen-bond acceptors (Lipinski definition) is 1. The van der Waals surface area contributed by atoms with Gasteiger partial charge in [-0.05, 0) is 95.4 Å². The number of anilines is 3. The summed E-state index contributed by atoms with van der Waals surface area (Å²) in [5, 5.41) is 0. The molecule has 0 aromatic heterocycles. The molecule has 0 saturated heterocycles. The van der Waals surface area contributed by atoms with Gasteiger partial charge in [0.1, 0.15) is 0 Å². The third kappa shape index (κ3) is 5.15. The SMILES string of the molecule is CC(C)(C)c1ccccc1N1c2cc(-c3ccc(-c4ccccc4)cc3)cc3c2B(c2cccc(C(C)(C)C)c2-3)c2cccc(C(C)(C)C)c21. The van der Waals surface area contributed by atoms with E-state index in [1.165, 1.54) is 83.5 Å². The molecule has 0 amide bonds. The van der Waals surface area contributed by atoms with Gasteiger partial charge in [0.15, 0.2) is 0 Å². The Bertz CT molecular complexity index is 2260. The molecule has 1 nitrogen and oxygen atoms in total. The summed E-state index contributed by atoms with van der Waals surface area (Å²) in [6.07, 6.45) is 0. The third-order valence-electron chi connectivity index (χ3n) is 10.9. The molecule has 2 heterocycles. The quantitative estimate of drug-likeness (QED) is 0.172. The molecule has 0 radical (unpaired) electrons. The maximum atomic E-state index is 2.65. The molecule has 0 aliphatic carbocycles. The Labute approximate surface area is 300 Å². The van der Waals surface area contributed by atoms with Crippen LogP contribution in [-0.2, 0) is 16.2 Å². The lowest BCUT2D eigenvalue weighted by Gasteiger charge is -2.41. The van der Waals surface area contributed by atoms with E-state index in [0.717, 1.165) is 0 Å². The summed E-state index contributed by atoms with van der Waals surface area (Å²) in [4.78, 5) is 2.65. The highest BCUT2D eigenvalue weighted by molar-refractivity contribution is 7.01. The topological polar surface area (TPSA) is 3.24 Å². The minimum absolute atomic E-state index is 0.00628. The molecule has 0 atom stereocenters. The minimum Gasteiger partial charge on any atom is -0.311 e. The van der Waals surface area contributed by atoms with Crippen LogP contribution in [0.4, 0.5) is 17.1 Å². The van der Waals surface area contributed by atoms with Crippen molar-refractivity contribution in [2.24, 2.45) is 0 Å². The van der Waals surface area contributed by atoms with Gasteiger partial charge < -0.3 is 4.90 Å². The second-order valence-corrected chi connectivity index (χ2v) is 17.4. The number of benzene rings is 6. The minimum atomic E-state index is -0.0554. The van der Waals surface area contributed by atoms with Crippen molar-refractivity contribution >= 4 is 40.2 Å². The summed E-state index contributed by atoms with van der Waals surface area (Å²) < 4.78 is 0. The van der Waals surface area contributed by atoms with Crippen LogP contribution in [0, 0.1) is 0 Å². The van der Waals surface area contributed by atoms with Gasteiger partial charge in [0.2, 0.25) is 6.71 Å². The van der Waals surface area contributed by atoms with Crippen molar-refractivity contribution in [3.05, 3.63) is 144 Å². The van der Waals surface area contributed by atoms with E-state index in [0.29, 0.717) is 0 Å². The zero-order valence-corrected chi connectivity index (χ0v) is 31.1. The van der Waals surface area contributed by atoms with Crippen LogP contribution in [0.25, 0.3) is 33.4 Å². The Morgan fingerprint density at radius 1 is 0.420 bits per heavy atom. The van der Waals surface area contributed by atoms with Gasteiger partial charge in [-0.2, -0.15) is 0 Å². The average molecular weight is 650 g/mol. The molecule has 0 bridgehead atoms. The van der Waals surface area contributed by atoms with Crippen LogP contribution >= 0.6 is 0 Å². The molecular weight excluding hydrogens is 601 g/mol. The molecule has 0 spiro atoms. The highest BCUT2D eigenvalue weighted by atomic mass is 15.2. The van der Waals surface area contributed by atoms with Gasteiger partial charge in [0.25, 0.3) is 0 Å². The standard InChI is InChI=1S/C48H48BN/c1-46(2,3)36-19-13-14-24-41(36)50-42-30-34(33-27-25-32(26-28-33)31-17-11-10-12-18-31)29-35-43-37(47(4,5)6)20-15-22-39(43)49(44(35)42)40-23-16-21-38(45(40)50)48(7,8)9/h10-30H,1-9H3. The number of hydrogen-bond donors (Lipinski definition) is 0. The fraction of sp³-hybridized carbons (Fsp3) is 0.250. The van der Waals surface area contributed by atoms with Crippen LogP contribution in [-0.4, -0.2) is 6.71 Å². The van der Waals surface area contributed by atoms with Crippen molar-refractivity contribution in [1.29, 1.82) is 0 Å².